The lowest BCUT2D eigenvalue weighted by Gasteiger charge is -2.39. The van der Waals surface area contributed by atoms with Crippen LogP contribution in [0.3, 0.4) is 0 Å². The van der Waals surface area contributed by atoms with Gasteiger partial charge in [-0.1, -0.05) is 26.0 Å². The molecule has 1 amide bonds. The summed E-state index contributed by atoms with van der Waals surface area (Å²) in [4.78, 5) is 16.8. The van der Waals surface area contributed by atoms with Crippen molar-refractivity contribution in [2.75, 3.05) is 32.7 Å². The Morgan fingerprint density at radius 3 is 2.50 bits per heavy atom. The fourth-order valence-electron chi connectivity index (χ4n) is 3.42. The van der Waals surface area contributed by atoms with Crippen LogP contribution in [0, 0.1) is 5.82 Å². The van der Waals surface area contributed by atoms with Gasteiger partial charge in [0, 0.05) is 43.7 Å². The number of alkyl halides is 1. The van der Waals surface area contributed by atoms with Gasteiger partial charge in [0.2, 0.25) is 0 Å². The van der Waals surface area contributed by atoms with Crippen LogP contribution in [0.5, 0.6) is 0 Å². The molecule has 1 N–H and O–H groups in total. The number of piperazine rings is 1. The minimum atomic E-state index is -0.216. The lowest BCUT2D eigenvalue weighted by atomic mass is 9.84. The molecule has 1 saturated heterocycles. The topological polar surface area (TPSA) is 52.2 Å². The molecule has 1 aromatic heterocycles. The number of nitrogens with one attached hydrogen (secondary N) is 1. The molecule has 1 aliphatic rings. The van der Waals surface area contributed by atoms with Crippen molar-refractivity contribution in [2.24, 2.45) is 0 Å². The number of carbonyl (C=O) groups is 1. The first kappa shape index (κ1) is 18.9. The summed E-state index contributed by atoms with van der Waals surface area (Å²) in [5.41, 5.74) is 2.24. The minimum absolute atomic E-state index is 0.0457. The van der Waals surface area contributed by atoms with Crippen LogP contribution >= 0.6 is 11.6 Å². The van der Waals surface area contributed by atoms with Gasteiger partial charge in [-0.05, 0) is 17.7 Å². The number of aromatic amines is 1. The van der Waals surface area contributed by atoms with E-state index in [9.17, 15) is 9.18 Å². The Kier molecular flexibility index (Phi) is 5.63. The van der Waals surface area contributed by atoms with E-state index in [1.807, 2.05) is 17.0 Å². The maximum atomic E-state index is 13.2. The number of hydrogen-bond acceptors (Lipinski definition) is 3. The summed E-state index contributed by atoms with van der Waals surface area (Å²) in [6, 6.07) is 6.71. The van der Waals surface area contributed by atoms with E-state index < -0.39 is 0 Å². The molecule has 0 atom stereocenters. The fraction of sp³-hybridized carbons (Fsp3) is 0.474. The quantitative estimate of drug-likeness (QED) is 0.814. The molecule has 1 fully saturated rings. The highest BCUT2D eigenvalue weighted by Gasteiger charge is 2.29. The first-order valence-electron chi connectivity index (χ1n) is 8.76. The number of carbonyl (C=O) groups excluding carboxylic acids is 1. The predicted octanol–water partition coefficient (Wildman–Crippen LogP) is 3.02. The van der Waals surface area contributed by atoms with E-state index in [0.29, 0.717) is 18.8 Å². The number of rotatable bonds is 5. The molecule has 140 valence electrons. The lowest BCUT2D eigenvalue weighted by Crippen LogP contribution is -2.51. The highest BCUT2D eigenvalue weighted by molar-refractivity contribution is 6.17. The minimum Gasteiger partial charge on any atom is -0.335 e. The summed E-state index contributed by atoms with van der Waals surface area (Å²) in [6.45, 7) is 8.13. The van der Waals surface area contributed by atoms with Crippen molar-refractivity contribution < 1.29 is 9.18 Å². The van der Waals surface area contributed by atoms with Gasteiger partial charge in [-0.15, -0.1) is 11.6 Å². The first-order chi connectivity index (χ1) is 12.4. The third-order valence-corrected chi connectivity index (χ3v) is 5.27. The van der Waals surface area contributed by atoms with E-state index in [4.69, 9.17) is 11.6 Å². The van der Waals surface area contributed by atoms with Crippen LogP contribution in [0.15, 0.2) is 30.5 Å². The van der Waals surface area contributed by atoms with Gasteiger partial charge in [0.25, 0.3) is 5.91 Å². The van der Waals surface area contributed by atoms with Crippen LogP contribution in [0.4, 0.5) is 4.39 Å². The second-order valence-electron chi connectivity index (χ2n) is 7.36. The Balaban J connectivity index is 1.58. The zero-order valence-corrected chi connectivity index (χ0v) is 15.9. The third kappa shape index (κ3) is 4.07. The zero-order valence-electron chi connectivity index (χ0n) is 15.1. The Morgan fingerprint density at radius 1 is 1.23 bits per heavy atom. The van der Waals surface area contributed by atoms with Crippen molar-refractivity contribution in [2.45, 2.75) is 25.1 Å². The van der Waals surface area contributed by atoms with E-state index in [2.05, 4.69) is 28.9 Å². The molecule has 1 aliphatic heterocycles. The van der Waals surface area contributed by atoms with E-state index >= 15 is 0 Å². The summed E-state index contributed by atoms with van der Waals surface area (Å²) in [5.74, 6) is 0.00559. The van der Waals surface area contributed by atoms with E-state index in [1.54, 1.807) is 6.20 Å². The van der Waals surface area contributed by atoms with E-state index in [1.165, 1.54) is 12.1 Å². The highest BCUT2D eigenvalue weighted by atomic mass is 35.5. The monoisotopic (exact) mass is 378 g/mol. The molecular weight excluding hydrogens is 355 g/mol. The molecule has 3 rings (SSSR count). The molecule has 0 radical (unpaired) electrons. The average Bonchev–Trinajstić information content (AvgIpc) is 3.10. The molecule has 26 heavy (non-hydrogen) atoms. The maximum Gasteiger partial charge on any atom is 0.272 e. The van der Waals surface area contributed by atoms with Crippen LogP contribution in [0.2, 0.25) is 0 Å². The first-order valence-corrected chi connectivity index (χ1v) is 9.30. The Hall–Kier alpha value is -1.92. The van der Waals surface area contributed by atoms with Gasteiger partial charge in [-0.3, -0.25) is 14.8 Å². The van der Waals surface area contributed by atoms with Gasteiger partial charge in [0.05, 0.1) is 12.1 Å². The lowest BCUT2D eigenvalue weighted by molar-refractivity contribution is 0.0607. The summed E-state index contributed by atoms with van der Waals surface area (Å²) in [6.07, 6.45) is 1.60. The largest absolute Gasteiger partial charge is 0.335 e. The molecule has 7 heteroatoms. The molecular formula is C19H24ClFN4O. The SMILES string of the molecule is CC(C)(CN1CCN(C(=O)c2[nH]ncc2CCl)CC1)c1ccc(F)cc1. The Morgan fingerprint density at radius 2 is 1.88 bits per heavy atom. The van der Waals surface area contributed by atoms with Crippen LogP contribution < -0.4 is 0 Å². The number of halogens is 2. The Labute approximate surface area is 158 Å². The van der Waals surface area contributed by atoms with Gasteiger partial charge in [0.15, 0.2) is 0 Å². The summed E-state index contributed by atoms with van der Waals surface area (Å²) in [5, 5.41) is 6.68. The zero-order chi connectivity index (χ0) is 18.7. The fourth-order valence-corrected chi connectivity index (χ4v) is 3.62. The van der Waals surface area contributed by atoms with Gasteiger partial charge in [-0.25, -0.2) is 4.39 Å². The highest BCUT2D eigenvalue weighted by Crippen LogP contribution is 2.25. The molecule has 0 spiro atoms. The van der Waals surface area contributed by atoms with Gasteiger partial charge < -0.3 is 4.90 Å². The number of amides is 1. The van der Waals surface area contributed by atoms with Crippen LogP contribution in [-0.2, 0) is 11.3 Å². The maximum absolute atomic E-state index is 13.2. The number of H-pyrrole nitrogens is 1. The van der Waals surface area contributed by atoms with E-state index in [0.717, 1.165) is 30.8 Å². The van der Waals surface area contributed by atoms with Gasteiger partial charge in [-0.2, -0.15) is 5.10 Å². The molecule has 5 nitrogen and oxygen atoms in total. The normalized spacial score (nSPS) is 16.1. The summed E-state index contributed by atoms with van der Waals surface area (Å²) >= 11 is 5.86. The summed E-state index contributed by atoms with van der Waals surface area (Å²) in [7, 11) is 0. The van der Waals surface area contributed by atoms with Crippen LogP contribution in [0.1, 0.15) is 35.5 Å². The molecule has 0 bridgehead atoms. The number of benzene rings is 1. The summed E-state index contributed by atoms with van der Waals surface area (Å²) < 4.78 is 13.2. The van der Waals surface area contributed by atoms with Crippen molar-refractivity contribution in [3.8, 4) is 0 Å². The molecule has 0 saturated carbocycles. The molecule has 2 heterocycles. The smallest absolute Gasteiger partial charge is 0.272 e. The third-order valence-electron chi connectivity index (χ3n) is 4.98. The predicted molar refractivity (Wildman–Crippen MR) is 99.9 cm³/mol. The van der Waals surface area contributed by atoms with Crippen molar-refractivity contribution in [1.82, 2.24) is 20.0 Å². The van der Waals surface area contributed by atoms with Gasteiger partial charge in [0.1, 0.15) is 11.5 Å². The van der Waals surface area contributed by atoms with Gasteiger partial charge >= 0.3 is 0 Å². The molecule has 1 aromatic carbocycles. The molecule has 2 aromatic rings. The van der Waals surface area contributed by atoms with Crippen molar-refractivity contribution in [3.05, 3.63) is 53.1 Å². The Bertz CT molecular complexity index is 751. The van der Waals surface area contributed by atoms with Crippen molar-refractivity contribution in [3.63, 3.8) is 0 Å². The number of hydrogen-bond donors (Lipinski definition) is 1. The number of nitrogens with zero attached hydrogens (tertiary/aromatic N) is 3. The molecule has 0 aliphatic carbocycles. The average molecular weight is 379 g/mol. The number of aromatic nitrogens is 2. The molecule has 0 unspecified atom stereocenters. The van der Waals surface area contributed by atoms with E-state index in [-0.39, 0.29) is 23.0 Å². The van der Waals surface area contributed by atoms with Crippen LogP contribution in [0.25, 0.3) is 0 Å². The van der Waals surface area contributed by atoms with Crippen LogP contribution in [-0.4, -0.2) is 58.6 Å². The van der Waals surface area contributed by atoms with Crippen molar-refractivity contribution >= 4 is 17.5 Å². The van der Waals surface area contributed by atoms with Crippen molar-refractivity contribution in [1.29, 1.82) is 0 Å². The second kappa shape index (κ2) is 7.76. The second-order valence-corrected chi connectivity index (χ2v) is 7.63. The standard InChI is InChI=1S/C19H24ClFN4O/c1-19(2,15-3-5-16(21)6-4-15)13-24-7-9-25(10-8-24)18(26)17-14(11-20)12-22-23-17/h3-6,12H,7-11,13H2,1-2H3,(H,22,23).